The maximum Gasteiger partial charge on any atom is 0.108 e. The van der Waals surface area contributed by atoms with E-state index in [4.69, 9.17) is 0 Å². The fourth-order valence-corrected chi connectivity index (χ4v) is 3.16. The Labute approximate surface area is 124 Å². The van der Waals surface area contributed by atoms with Gasteiger partial charge in [0.2, 0.25) is 0 Å². The molecule has 1 aromatic heterocycles. The molecule has 112 valence electrons. The molecular weight excluding hydrogens is 264 g/mol. The summed E-state index contributed by atoms with van der Waals surface area (Å²) in [5.74, 6) is 0.772. The molecule has 0 bridgehead atoms. The van der Waals surface area contributed by atoms with E-state index in [1.807, 2.05) is 19.2 Å². The molecule has 2 heterocycles. The average Bonchev–Trinajstić information content (AvgIpc) is 2.84. The summed E-state index contributed by atoms with van der Waals surface area (Å²) in [6.07, 6.45) is 4.64. The van der Waals surface area contributed by atoms with Gasteiger partial charge in [0.25, 0.3) is 0 Å². The van der Waals surface area contributed by atoms with Gasteiger partial charge in [0.05, 0.1) is 0 Å². The number of hydrogen-bond donors (Lipinski definition) is 2. The first kappa shape index (κ1) is 14.2. The zero-order valence-corrected chi connectivity index (χ0v) is 12.4. The maximum absolute atomic E-state index is 10.7. The van der Waals surface area contributed by atoms with Crippen LogP contribution in [-0.2, 0) is 13.6 Å². The van der Waals surface area contributed by atoms with Crippen LogP contribution in [0.25, 0.3) is 10.9 Å². The predicted octanol–water partition coefficient (Wildman–Crippen LogP) is 2.67. The summed E-state index contributed by atoms with van der Waals surface area (Å²) < 4.78 is 2.10. The molecule has 5 heteroatoms. The second-order valence-electron chi connectivity index (χ2n) is 5.88. The largest absolute Gasteiger partial charge is 0.350 e. The highest BCUT2D eigenvalue weighted by Gasteiger charge is 2.13. The first-order valence-electron chi connectivity index (χ1n) is 7.60. The predicted molar refractivity (Wildman–Crippen MR) is 85.7 cm³/mol. The van der Waals surface area contributed by atoms with Crippen LogP contribution in [-0.4, -0.2) is 24.2 Å². The van der Waals surface area contributed by atoms with Gasteiger partial charge in [0.15, 0.2) is 0 Å². The minimum absolute atomic E-state index is 0.494. The van der Waals surface area contributed by atoms with Crippen molar-refractivity contribution in [3.63, 3.8) is 0 Å². The van der Waals surface area contributed by atoms with E-state index >= 15 is 0 Å². The monoisotopic (exact) mass is 286 g/mol. The lowest BCUT2D eigenvalue weighted by atomic mass is 9.98. The van der Waals surface area contributed by atoms with Crippen LogP contribution in [0.15, 0.2) is 29.6 Å². The molecule has 0 atom stereocenters. The summed E-state index contributed by atoms with van der Waals surface area (Å²) in [4.78, 5) is 10.7. The number of rotatable bonds is 5. The van der Waals surface area contributed by atoms with E-state index in [-0.39, 0.29) is 0 Å². The van der Waals surface area contributed by atoms with Gasteiger partial charge < -0.3 is 15.2 Å². The fourth-order valence-electron chi connectivity index (χ4n) is 3.16. The van der Waals surface area contributed by atoms with E-state index in [1.165, 1.54) is 18.4 Å². The normalized spacial score (nSPS) is 16.4. The van der Waals surface area contributed by atoms with Crippen molar-refractivity contribution in [3.8, 4) is 0 Å². The first-order valence-corrected chi connectivity index (χ1v) is 7.60. The molecule has 21 heavy (non-hydrogen) atoms. The molecular formula is C16H22N4O. The molecule has 0 radical (unpaired) electrons. The van der Waals surface area contributed by atoms with Crippen molar-refractivity contribution in [2.45, 2.75) is 19.4 Å². The van der Waals surface area contributed by atoms with Crippen LogP contribution in [0.5, 0.6) is 0 Å². The number of hydrogen-bond acceptors (Lipinski definition) is 4. The fraction of sp³-hybridized carbons (Fsp3) is 0.500. The lowest BCUT2D eigenvalue weighted by Crippen LogP contribution is -2.33. The van der Waals surface area contributed by atoms with Crippen molar-refractivity contribution in [1.82, 2.24) is 15.2 Å². The Morgan fingerprint density at radius 1 is 1.38 bits per heavy atom. The summed E-state index contributed by atoms with van der Waals surface area (Å²) in [5, 5.41) is 11.1. The summed E-state index contributed by atoms with van der Waals surface area (Å²) in [7, 11) is 2.03. The first-order chi connectivity index (χ1) is 10.3. The zero-order chi connectivity index (χ0) is 14.7. The molecule has 2 N–H and O–H groups in total. The number of piperidine rings is 1. The average molecular weight is 286 g/mol. The topological polar surface area (TPSA) is 58.4 Å². The van der Waals surface area contributed by atoms with Crippen LogP contribution in [0.3, 0.4) is 0 Å². The third kappa shape index (κ3) is 3.14. The molecule has 0 saturated carbocycles. The quantitative estimate of drug-likeness (QED) is 0.831. The van der Waals surface area contributed by atoms with Crippen LogP contribution < -0.4 is 10.6 Å². The minimum atomic E-state index is 0.494. The summed E-state index contributed by atoms with van der Waals surface area (Å²) >= 11 is 0. The SMILES string of the molecule is Cn1cc(CNCC2CCNCC2)c2cc(N=O)ccc21. The number of nitroso groups, excluding NO2 is 1. The molecule has 1 saturated heterocycles. The van der Waals surface area contributed by atoms with Gasteiger partial charge in [0, 0.05) is 30.7 Å². The number of nitrogens with zero attached hydrogens (tertiary/aromatic N) is 2. The number of aryl methyl sites for hydroxylation is 1. The Kier molecular flexibility index (Phi) is 4.31. The van der Waals surface area contributed by atoms with Crippen molar-refractivity contribution >= 4 is 16.6 Å². The smallest absolute Gasteiger partial charge is 0.108 e. The van der Waals surface area contributed by atoms with Crippen LogP contribution >= 0.6 is 0 Å². The molecule has 0 spiro atoms. The molecule has 1 fully saturated rings. The maximum atomic E-state index is 10.7. The molecule has 0 aliphatic carbocycles. The van der Waals surface area contributed by atoms with Crippen LogP contribution in [0.2, 0.25) is 0 Å². The van der Waals surface area contributed by atoms with Gasteiger partial charge in [-0.15, -0.1) is 4.91 Å². The van der Waals surface area contributed by atoms with E-state index in [2.05, 4.69) is 26.6 Å². The molecule has 0 amide bonds. The molecule has 3 rings (SSSR count). The van der Waals surface area contributed by atoms with Crippen LogP contribution in [0, 0.1) is 10.8 Å². The Balaban J connectivity index is 1.69. The minimum Gasteiger partial charge on any atom is -0.350 e. The Morgan fingerprint density at radius 2 is 2.19 bits per heavy atom. The van der Waals surface area contributed by atoms with Crippen molar-refractivity contribution in [2.75, 3.05) is 19.6 Å². The summed E-state index contributed by atoms with van der Waals surface area (Å²) in [6, 6.07) is 5.60. The van der Waals surface area contributed by atoms with Gasteiger partial charge in [-0.1, -0.05) is 0 Å². The van der Waals surface area contributed by atoms with Gasteiger partial charge in [-0.2, -0.15) is 0 Å². The van der Waals surface area contributed by atoms with Crippen molar-refractivity contribution in [1.29, 1.82) is 0 Å². The Bertz CT molecular complexity index is 628. The lowest BCUT2D eigenvalue weighted by molar-refractivity contribution is 0.356. The highest BCUT2D eigenvalue weighted by atomic mass is 16.3. The third-order valence-electron chi connectivity index (χ3n) is 4.37. The number of benzene rings is 1. The van der Waals surface area contributed by atoms with Crippen molar-refractivity contribution in [2.24, 2.45) is 18.1 Å². The highest BCUT2D eigenvalue weighted by molar-refractivity contribution is 5.86. The van der Waals surface area contributed by atoms with Crippen LogP contribution in [0.1, 0.15) is 18.4 Å². The van der Waals surface area contributed by atoms with Crippen LogP contribution in [0.4, 0.5) is 5.69 Å². The van der Waals surface area contributed by atoms with Gasteiger partial charge in [-0.05, 0) is 67.3 Å². The number of aromatic nitrogens is 1. The summed E-state index contributed by atoms with van der Waals surface area (Å²) in [5.41, 5.74) is 2.86. The van der Waals surface area contributed by atoms with Crippen molar-refractivity contribution in [3.05, 3.63) is 34.9 Å². The second kappa shape index (κ2) is 6.37. The van der Waals surface area contributed by atoms with E-state index in [0.29, 0.717) is 5.69 Å². The van der Waals surface area contributed by atoms with Gasteiger partial charge >= 0.3 is 0 Å². The Morgan fingerprint density at radius 3 is 2.95 bits per heavy atom. The zero-order valence-electron chi connectivity index (χ0n) is 12.4. The Hall–Kier alpha value is -1.72. The molecule has 2 aromatic rings. The molecule has 1 aliphatic heterocycles. The van der Waals surface area contributed by atoms with E-state index in [9.17, 15) is 4.91 Å². The van der Waals surface area contributed by atoms with E-state index in [0.717, 1.165) is 43.0 Å². The van der Waals surface area contributed by atoms with E-state index < -0.39 is 0 Å². The van der Waals surface area contributed by atoms with Gasteiger partial charge in [0.1, 0.15) is 5.69 Å². The second-order valence-corrected chi connectivity index (χ2v) is 5.88. The lowest BCUT2D eigenvalue weighted by Gasteiger charge is -2.22. The summed E-state index contributed by atoms with van der Waals surface area (Å²) in [6.45, 7) is 4.16. The molecule has 0 unspecified atom stereocenters. The molecule has 1 aromatic carbocycles. The van der Waals surface area contributed by atoms with Gasteiger partial charge in [-0.25, -0.2) is 0 Å². The molecule has 5 nitrogen and oxygen atoms in total. The number of fused-ring (bicyclic) bond motifs is 1. The number of nitrogens with one attached hydrogen (secondary N) is 2. The van der Waals surface area contributed by atoms with Gasteiger partial charge in [-0.3, -0.25) is 0 Å². The standard InChI is InChI=1S/C16H22N4O/c1-20-11-13(10-18-9-12-4-6-17-7-5-12)15-8-14(19-21)2-3-16(15)20/h2-3,8,11-12,17-18H,4-7,9-10H2,1H3. The van der Waals surface area contributed by atoms with Crippen molar-refractivity contribution < 1.29 is 0 Å². The molecule has 1 aliphatic rings. The van der Waals surface area contributed by atoms with E-state index in [1.54, 1.807) is 6.07 Å². The third-order valence-corrected chi connectivity index (χ3v) is 4.37. The highest BCUT2D eigenvalue weighted by Crippen LogP contribution is 2.25.